The summed E-state index contributed by atoms with van der Waals surface area (Å²) in [6.07, 6.45) is 0. The summed E-state index contributed by atoms with van der Waals surface area (Å²) in [5.41, 5.74) is 6.99. The lowest BCUT2D eigenvalue weighted by Gasteiger charge is -2.09. The van der Waals surface area contributed by atoms with Gasteiger partial charge in [-0.15, -0.1) is 0 Å². The van der Waals surface area contributed by atoms with E-state index < -0.39 is 0 Å². The first kappa shape index (κ1) is 9.49. The quantitative estimate of drug-likeness (QED) is 0.717. The Morgan fingerprint density at radius 3 is 2.50 bits per heavy atom. The molecule has 0 aromatic heterocycles. The van der Waals surface area contributed by atoms with Gasteiger partial charge in [0.25, 0.3) is 0 Å². The Hall–Kier alpha value is -0.600. The van der Waals surface area contributed by atoms with Gasteiger partial charge in [0, 0.05) is 5.69 Å². The maximum atomic E-state index is 5.91. The van der Waals surface area contributed by atoms with E-state index >= 15 is 0 Å². The molecule has 1 aromatic rings. The molecule has 0 heterocycles. The maximum absolute atomic E-state index is 5.91. The second-order valence-corrected chi connectivity index (χ2v) is 3.21. The van der Waals surface area contributed by atoms with Crippen LogP contribution in [0.1, 0.15) is 5.56 Å². The van der Waals surface area contributed by atoms with Gasteiger partial charge in [-0.1, -0.05) is 23.2 Å². The highest BCUT2D eigenvalue weighted by Crippen LogP contribution is 2.38. The van der Waals surface area contributed by atoms with Gasteiger partial charge in [-0.2, -0.15) is 0 Å². The molecule has 0 aliphatic rings. The monoisotopic (exact) mass is 205 g/mol. The molecule has 0 spiro atoms. The summed E-state index contributed by atoms with van der Waals surface area (Å²) in [4.78, 5) is 0. The van der Waals surface area contributed by atoms with Gasteiger partial charge in [0.1, 0.15) is 0 Å². The zero-order chi connectivity index (χ0) is 9.30. The highest BCUT2D eigenvalue weighted by molar-refractivity contribution is 6.38. The summed E-state index contributed by atoms with van der Waals surface area (Å²) in [5.74, 6) is 0.477. The van der Waals surface area contributed by atoms with Crippen LogP contribution < -0.4 is 10.5 Å². The van der Waals surface area contributed by atoms with E-state index in [1.807, 2.05) is 6.92 Å². The van der Waals surface area contributed by atoms with Crippen LogP contribution in [0.4, 0.5) is 5.69 Å². The van der Waals surface area contributed by atoms with Crippen molar-refractivity contribution in [2.75, 3.05) is 12.8 Å². The molecule has 1 aromatic carbocycles. The molecule has 0 fully saturated rings. The van der Waals surface area contributed by atoms with E-state index in [-0.39, 0.29) is 0 Å². The number of halogens is 2. The number of rotatable bonds is 1. The third-order valence-corrected chi connectivity index (χ3v) is 2.40. The van der Waals surface area contributed by atoms with Gasteiger partial charge < -0.3 is 10.5 Å². The molecule has 0 aliphatic heterocycles. The van der Waals surface area contributed by atoms with Crippen molar-refractivity contribution in [3.8, 4) is 5.75 Å². The largest absolute Gasteiger partial charge is 0.494 e. The fourth-order valence-corrected chi connectivity index (χ4v) is 1.52. The minimum Gasteiger partial charge on any atom is -0.494 e. The molecule has 66 valence electrons. The molecule has 0 amide bonds. The number of methoxy groups -OCH3 is 1. The average Bonchev–Trinajstić information content (AvgIpc) is 2.01. The smallest absolute Gasteiger partial charge is 0.156 e. The Morgan fingerprint density at radius 1 is 1.42 bits per heavy atom. The van der Waals surface area contributed by atoms with Crippen molar-refractivity contribution in [2.45, 2.75) is 6.92 Å². The lowest BCUT2D eigenvalue weighted by atomic mass is 10.2. The van der Waals surface area contributed by atoms with Crippen molar-refractivity contribution in [3.05, 3.63) is 21.7 Å². The van der Waals surface area contributed by atoms with Crippen LogP contribution in [0.25, 0.3) is 0 Å². The Kier molecular flexibility index (Phi) is 2.70. The predicted octanol–water partition coefficient (Wildman–Crippen LogP) is 2.89. The number of anilines is 1. The number of nitrogens with two attached hydrogens (primary N) is 1. The van der Waals surface area contributed by atoms with Crippen molar-refractivity contribution < 1.29 is 4.74 Å². The molecule has 1 rings (SSSR count). The minimum absolute atomic E-state index is 0.436. The van der Waals surface area contributed by atoms with E-state index in [1.54, 1.807) is 6.07 Å². The lowest BCUT2D eigenvalue weighted by Crippen LogP contribution is -1.94. The van der Waals surface area contributed by atoms with Crippen LogP contribution in [0, 0.1) is 6.92 Å². The molecule has 2 nitrogen and oxygen atoms in total. The van der Waals surface area contributed by atoms with Gasteiger partial charge in [-0.25, -0.2) is 0 Å². The van der Waals surface area contributed by atoms with Crippen LogP contribution in [0.2, 0.25) is 10.0 Å². The van der Waals surface area contributed by atoms with Crippen LogP contribution in [0.5, 0.6) is 5.75 Å². The molecule has 0 unspecified atom stereocenters. The highest BCUT2D eigenvalue weighted by atomic mass is 35.5. The second kappa shape index (κ2) is 3.42. The highest BCUT2D eigenvalue weighted by Gasteiger charge is 2.11. The summed E-state index contributed by atoms with van der Waals surface area (Å²) in [5, 5.41) is 0.910. The first-order chi connectivity index (χ1) is 5.57. The number of hydrogen-bond donors (Lipinski definition) is 1. The topological polar surface area (TPSA) is 35.2 Å². The third-order valence-electron chi connectivity index (χ3n) is 1.66. The van der Waals surface area contributed by atoms with Crippen molar-refractivity contribution in [1.29, 1.82) is 0 Å². The predicted molar refractivity (Wildman–Crippen MR) is 52.2 cm³/mol. The third kappa shape index (κ3) is 1.45. The zero-order valence-electron chi connectivity index (χ0n) is 6.82. The van der Waals surface area contributed by atoms with E-state index in [0.29, 0.717) is 21.5 Å². The molecule has 0 radical (unpaired) electrons. The van der Waals surface area contributed by atoms with Gasteiger partial charge >= 0.3 is 0 Å². The molecule has 4 heteroatoms. The molecule has 12 heavy (non-hydrogen) atoms. The summed E-state index contributed by atoms with van der Waals surface area (Å²) in [6, 6.07) is 1.63. The van der Waals surface area contributed by atoms with Crippen LogP contribution in [0.3, 0.4) is 0 Å². The van der Waals surface area contributed by atoms with Crippen molar-refractivity contribution in [2.24, 2.45) is 0 Å². The van der Waals surface area contributed by atoms with E-state index in [4.69, 9.17) is 33.7 Å². The summed E-state index contributed by atoms with van der Waals surface area (Å²) >= 11 is 11.7. The van der Waals surface area contributed by atoms with E-state index in [0.717, 1.165) is 5.56 Å². The van der Waals surface area contributed by atoms with Gasteiger partial charge in [0.2, 0.25) is 0 Å². The van der Waals surface area contributed by atoms with Gasteiger partial charge in [0.15, 0.2) is 5.75 Å². The van der Waals surface area contributed by atoms with Crippen LogP contribution in [0.15, 0.2) is 6.07 Å². The Labute approximate surface area is 81.2 Å². The maximum Gasteiger partial charge on any atom is 0.156 e. The Morgan fingerprint density at radius 2 is 2.00 bits per heavy atom. The molecule has 0 saturated heterocycles. The van der Waals surface area contributed by atoms with Crippen molar-refractivity contribution >= 4 is 28.9 Å². The average molecular weight is 206 g/mol. The Bertz CT molecular complexity index is 312. The van der Waals surface area contributed by atoms with Crippen LogP contribution in [-0.4, -0.2) is 7.11 Å². The normalized spacial score (nSPS) is 10.0. The molecule has 2 N–H and O–H groups in total. The molecule has 0 bridgehead atoms. The fourth-order valence-electron chi connectivity index (χ4n) is 0.899. The summed E-state index contributed by atoms with van der Waals surface area (Å²) in [6.45, 7) is 1.82. The minimum atomic E-state index is 0.436. The first-order valence-corrected chi connectivity index (χ1v) is 4.11. The molecular weight excluding hydrogens is 197 g/mol. The molecular formula is C8H9Cl2NO. The van der Waals surface area contributed by atoms with Gasteiger partial charge in [-0.05, 0) is 18.6 Å². The molecule has 0 saturated carbocycles. The molecule has 0 atom stereocenters. The van der Waals surface area contributed by atoms with Gasteiger partial charge in [-0.3, -0.25) is 0 Å². The van der Waals surface area contributed by atoms with E-state index in [9.17, 15) is 0 Å². The van der Waals surface area contributed by atoms with E-state index in [2.05, 4.69) is 0 Å². The first-order valence-electron chi connectivity index (χ1n) is 3.36. The number of nitrogen functional groups attached to an aromatic ring is 1. The molecule has 0 aliphatic carbocycles. The number of hydrogen-bond acceptors (Lipinski definition) is 2. The van der Waals surface area contributed by atoms with Crippen LogP contribution >= 0.6 is 23.2 Å². The standard InChI is InChI=1S/C8H9Cl2NO/c1-4-6(11)3-5(9)8(12-2)7(4)10/h3H,11H2,1-2H3. The lowest BCUT2D eigenvalue weighted by molar-refractivity contribution is 0.415. The van der Waals surface area contributed by atoms with Crippen molar-refractivity contribution in [1.82, 2.24) is 0 Å². The summed E-state index contributed by atoms with van der Waals surface area (Å²) in [7, 11) is 1.52. The Balaban J connectivity index is 3.40. The SMILES string of the molecule is COc1c(Cl)cc(N)c(C)c1Cl. The summed E-state index contributed by atoms with van der Waals surface area (Å²) < 4.78 is 4.99. The number of ether oxygens (including phenoxy) is 1. The second-order valence-electron chi connectivity index (χ2n) is 2.42. The fraction of sp³-hybridized carbons (Fsp3) is 0.250. The van der Waals surface area contributed by atoms with Gasteiger partial charge in [0.05, 0.1) is 17.2 Å². The van der Waals surface area contributed by atoms with E-state index in [1.165, 1.54) is 7.11 Å². The van der Waals surface area contributed by atoms with Crippen molar-refractivity contribution in [3.63, 3.8) is 0 Å². The van der Waals surface area contributed by atoms with Crippen LogP contribution in [-0.2, 0) is 0 Å². The number of benzene rings is 1. The zero-order valence-corrected chi connectivity index (χ0v) is 8.33.